The van der Waals surface area contributed by atoms with Crippen LogP contribution in [0, 0.1) is 0 Å². The summed E-state index contributed by atoms with van der Waals surface area (Å²) in [7, 11) is 3.64. The maximum atomic E-state index is 13.8. The Hall–Kier alpha value is -3.27. The Morgan fingerprint density at radius 1 is 1.24 bits per heavy atom. The van der Waals surface area contributed by atoms with Gasteiger partial charge in [0.15, 0.2) is 0 Å². The Labute approximate surface area is 190 Å². The minimum atomic E-state index is -3.32. The molecule has 33 heavy (non-hydrogen) atoms. The van der Waals surface area contributed by atoms with Crippen molar-refractivity contribution in [1.29, 1.82) is 0 Å². The van der Waals surface area contributed by atoms with Crippen LogP contribution in [0.4, 0.5) is 20.2 Å². The second kappa shape index (κ2) is 8.58. The van der Waals surface area contributed by atoms with Gasteiger partial charge < -0.3 is 15.3 Å². The van der Waals surface area contributed by atoms with Crippen molar-refractivity contribution in [3.63, 3.8) is 0 Å². The Morgan fingerprint density at radius 2 is 1.94 bits per heavy atom. The number of halogens is 2. The van der Waals surface area contributed by atoms with Crippen molar-refractivity contribution in [1.82, 2.24) is 9.78 Å². The van der Waals surface area contributed by atoms with Crippen molar-refractivity contribution in [2.24, 2.45) is 0 Å². The second-order valence-corrected chi connectivity index (χ2v) is 8.84. The van der Waals surface area contributed by atoms with Crippen LogP contribution in [-0.2, 0) is 5.92 Å². The maximum Gasteiger partial charge on any atom is 0.332 e. The Bertz CT molecular complexity index is 1180. The van der Waals surface area contributed by atoms with E-state index in [2.05, 4.69) is 5.32 Å². The summed E-state index contributed by atoms with van der Waals surface area (Å²) in [5, 5.41) is 28.2. The molecule has 4 rings (SSSR count). The molecule has 10 heteroatoms. The molecule has 1 fully saturated rings. The molecule has 8 nitrogen and oxygen atoms in total. The third kappa shape index (κ3) is 4.61. The summed E-state index contributed by atoms with van der Waals surface area (Å²) in [5.74, 6) is -4.04. The highest BCUT2D eigenvalue weighted by atomic mass is 19.3. The molecule has 0 atom stereocenters. The third-order valence-electron chi connectivity index (χ3n) is 6.06. The molecule has 3 N–H and O–H groups in total. The molecular formula is C23H28F2N5O3+. The largest absolute Gasteiger partial charge is 0.393 e. The van der Waals surface area contributed by atoms with E-state index in [0.29, 0.717) is 18.3 Å². The number of aliphatic hydroxyl groups excluding tert-OH is 1. The van der Waals surface area contributed by atoms with Crippen LogP contribution >= 0.6 is 0 Å². The van der Waals surface area contributed by atoms with Gasteiger partial charge in [-0.1, -0.05) is 0 Å². The van der Waals surface area contributed by atoms with Crippen molar-refractivity contribution >= 4 is 28.2 Å². The summed E-state index contributed by atoms with van der Waals surface area (Å²) >= 11 is 0. The van der Waals surface area contributed by atoms with Crippen molar-refractivity contribution in [2.45, 2.75) is 50.7 Å². The number of carbonyl (C=O) groups is 1. The maximum absolute atomic E-state index is 13.8. The van der Waals surface area contributed by atoms with E-state index in [1.165, 1.54) is 12.1 Å². The van der Waals surface area contributed by atoms with Gasteiger partial charge in [0.05, 0.1) is 29.0 Å². The Morgan fingerprint density at radius 3 is 2.58 bits per heavy atom. The minimum Gasteiger partial charge on any atom is -0.393 e. The Balaban J connectivity index is 1.67. The molecule has 1 amide bonds. The number of rotatable bonds is 5. The van der Waals surface area contributed by atoms with Crippen LogP contribution in [-0.4, -0.2) is 46.2 Å². The average Bonchev–Trinajstić information content (AvgIpc) is 3.15. The van der Waals surface area contributed by atoms with E-state index in [4.69, 9.17) is 5.10 Å². The molecular weight excluding hydrogens is 432 g/mol. The van der Waals surface area contributed by atoms with Crippen LogP contribution in [0.15, 0.2) is 36.5 Å². The molecule has 1 aliphatic carbocycles. The highest BCUT2D eigenvalue weighted by molar-refractivity contribution is 6.05. The van der Waals surface area contributed by atoms with Crippen molar-refractivity contribution in [3.05, 3.63) is 47.9 Å². The summed E-state index contributed by atoms with van der Waals surface area (Å²) in [6, 6.07) is 7.47. The van der Waals surface area contributed by atoms with E-state index in [1.807, 2.05) is 35.9 Å². The van der Waals surface area contributed by atoms with Crippen molar-refractivity contribution in [3.8, 4) is 0 Å². The molecule has 0 radical (unpaired) electrons. The number of aliphatic hydroxyl groups is 1. The van der Waals surface area contributed by atoms with Gasteiger partial charge in [0.1, 0.15) is 0 Å². The smallest absolute Gasteiger partial charge is 0.332 e. The lowest BCUT2D eigenvalue weighted by molar-refractivity contribution is -0.914. The van der Waals surface area contributed by atoms with Gasteiger partial charge in [0.2, 0.25) is 0 Å². The van der Waals surface area contributed by atoms with Crippen LogP contribution in [0.25, 0.3) is 10.9 Å². The number of benzene rings is 1. The van der Waals surface area contributed by atoms with E-state index < -0.39 is 17.5 Å². The SMILES string of the molecule is CN(C)c1cc2nn([C@H]3CC[C@H](O)CC3)cc2cc1NC(=O)c1cccc(C(C)(F)F)[n+]1O. The predicted octanol–water partition coefficient (Wildman–Crippen LogP) is 3.47. The zero-order valence-corrected chi connectivity index (χ0v) is 18.8. The molecule has 1 aromatic carbocycles. The molecule has 2 aromatic heterocycles. The number of pyridine rings is 1. The molecule has 3 aromatic rings. The third-order valence-corrected chi connectivity index (χ3v) is 6.06. The van der Waals surface area contributed by atoms with Crippen molar-refractivity contribution in [2.75, 3.05) is 24.3 Å². The van der Waals surface area contributed by atoms with Gasteiger partial charge in [-0.15, -0.1) is 0 Å². The van der Waals surface area contributed by atoms with Crippen LogP contribution in [0.2, 0.25) is 0 Å². The predicted molar refractivity (Wildman–Crippen MR) is 119 cm³/mol. The lowest BCUT2D eigenvalue weighted by Crippen LogP contribution is -2.46. The first-order valence-corrected chi connectivity index (χ1v) is 10.9. The monoisotopic (exact) mass is 460 g/mol. The lowest BCUT2D eigenvalue weighted by atomic mass is 9.93. The first-order valence-electron chi connectivity index (χ1n) is 10.9. The summed E-state index contributed by atoms with van der Waals surface area (Å²) in [4.78, 5) is 14.7. The molecule has 2 heterocycles. The Kier molecular flexibility index (Phi) is 5.96. The number of nitrogens with one attached hydrogen (secondary N) is 1. The number of anilines is 2. The zero-order chi connectivity index (χ0) is 23.9. The molecule has 0 saturated heterocycles. The van der Waals surface area contributed by atoms with Gasteiger partial charge in [-0.05, 0) is 43.9 Å². The summed E-state index contributed by atoms with van der Waals surface area (Å²) in [6.07, 6.45) is 4.82. The van der Waals surface area contributed by atoms with E-state index in [0.717, 1.165) is 42.7 Å². The average molecular weight is 461 g/mol. The van der Waals surface area contributed by atoms with Crippen LogP contribution in [0.3, 0.4) is 0 Å². The number of alkyl halides is 2. The van der Waals surface area contributed by atoms with Crippen LogP contribution in [0.5, 0.6) is 0 Å². The highest BCUT2D eigenvalue weighted by Gasteiger charge is 2.39. The van der Waals surface area contributed by atoms with E-state index in [9.17, 15) is 23.9 Å². The summed E-state index contributed by atoms with van der Waals surface area (Å²) in [5.41, 5.74) is 0.909. The molecule has 0 aliphatic heterocycles. The first-order chi connectivity index (χ1) is 15.5. The van der Waals surface area contributed by atoms with Gasteiger partial charge in [-0.3, -0.25) is 14.7 Å². The number of nitrogens with zero attached hydrogens (tertiary/aromatic N) is 4. The minimum absolute atomic E-state index is 0.202. The molecule has 0 spiro atoms. The lowest BCUT2D eigenvalue weighted by Gasteiger charge is -2.25. The molecule has 0 bridgehead atoms. The molecule has 1 saturated carbocycles. The number of carbonyl (C=O) groups excluding carboxylic acids is 1. The van der Waals surface area contributed by atoms with E-state index in [1.54, 1.807) is 6.07 Å². The van der Waals surface area contributed by atoms with E-state index >= 15 is 0 Å². The molecule has 1 aliphatic rings. The number of fused-ring (bicyclic) bond motifs is 1. The quantitative estimate of drug-likeness (QED) is 0.400. The van der Waals surface area contributed by atoms with Gasteiger partial charge in [0, 0.05) is 49.5 Å². The molecule has 0 unspecified atom stereocenters. The van der Waals surface area contributed by atoms with Crippen molar-refractivity contribution < 1.29 is 28.6 Å². The summed E-state index contributed by atoms with van der Waals surface area (Å²) < 4.78 is 29.7. The first kappa shape index (κ1) is 22.9. The number of hydrogen-bond donors (Lipinski definition) is 3. The molecule has 176 valence electrons. The van der Waals surface area contributed by atoms with Crippen LogP contribution < -0.4 is 14.9 Å². The fourth-order valence-corrected chi connectivity index (χ4v) is 4.25. The zero-order valence-electron chi connectivity index (χ0n) is 18.8. The summed E-state index contributed by atoms with van der Waals surface area (Å²) in [6.45, 7) is 0.652. The van der Waals surface area contributed by atoms with Gasteiger partial charge in [-0.25, -0.2) is 0 Å². The number of aromatic nitrogens is 3. The number of hydrogen-bond acceptors (Lipinski definition) is 5. The van der Waals surface area contributed by atoms with E-state index in [-0.39, 0.29) is 22.6 Å². The van der Waals surface area contributed by atoms with Gasteiger partial charge in [0.25, 0.3) is 0 Å². The normalized spacial score (nSPS) is 19.0. The van der Waals surface area contributed by atoms with Gasteiger partial charge in [-0.2, -0.15) is 13.9 Å². The number of amides is 1. The highest BCUT2D eigenvalue weighted by Crippen LogP contribution is 2.33. The second-order valence-electron chi connectivity index (χ2n) is 8.84. The standard InChI is InChI=1S/C23H27F2N5O3/c1-23(24,25)21-6-4-5-19(30(21)33)22(32)26-18-11-14-13-29(15-7-9-16(31)10-8-15)27-17(14)12-20(18)28(2)3/h4-6,11-13,15-16,31H,7-10H2,1-3H3,(H-,26,32,33)/p+1/t15-,16-. The van der Waals surface area contributed by atoms with Crippen LogP contribution in [0.1, 0.15) is 54.8 Å². The fourth-order valence-electron chi connectivity index (χ4n) is 4.25. The fraction of sp³-hybridized carbons (Fsp3) is 0.435. The topological polar surface area (TPSA) is 94.5 Å². The van der Waals surface area contributed by atoms with Gasteiger partial charge >= 0.3 is 23.2 Å².